The lowest BCUT2D eigenvalue weighted by atomic mass is 10.1. The molecular weight excluding hydrogens is 334 g/mol. The van der Waals surface area contributed by atoms with E-state index in [2.05, 4.69) is 24.4 Å². The second-order valence-corrected chi connectivity index (χ2v) is 6.70. The van der Waals surface area contributed by atoms with Gasteiger partial charge in [-0.3, -0.25) is 4.79 Å². The Morgan fingerprint density at radius 1 is 1.04 bits per heavy atom. The van der Waals surface area contributed by atoms with E-state index in [1.165, 1.54) is 30.2 Å². The van der Waals surface area contributed by atoms with Gasteiger partial charge in [-0.1, -0.05) is 25.5 Å². The lowest BCUT2D eigenvalue weighted by molar-refractivity contribution is -0.113. The standard InChI is InChI=1S/C20H25NO3S/c1-4-5-6-15-7-9-16(10-8-15)21-20(22)14-25-17-11-12-18(23-2)19(13-17)24-3/h7-13H,4-6,14H2,1-3H3,(H,21,22). The van der Waals surface area contributed by atoms with Crippen LogP contribution in [0.2, 0.25) is 0 Å². The van der Waals surface area contributed by atoms with Crippen LogP contribution in [0.3, 0.4) is 0 Å². The highest BCUT2D eigenvalue weighted by Gasteiger charge is 2.08. The molecular formula is C20H25NO3S. The van der Waals surface area contributed by atoms with Crippen molar-refractivity contribution in [3.05, 3.63) is 48.0 Å². The monoisotopic (exact) mass is 359 g/mol. The third-order valence-electron chi connectivity index (χ3n) is 3.78. The van der Waals surface area contributed by atoms with E-state index in [4.69, 9.17) is 9.47 Å². The zero-order valence-electron chi connectivity index (χ0n) is 15.0. The third-order valence-corrected chi connectivity index (χ3v) is 4.78. The molecule has 2 aromatic carbocycles. The number of hydrogen-bond acceptors (Lipinski definition) is 4. The maximum atomic E-state index is 12.1. The Labute approximate surface area is 153 Å². The van der Waals surface area contributed by atoms with Crippen LogP contribution >= 0.6 is 11.8 Å². The largest absolute Gasteiger partial charge is 0.493 e. The van der Waals surface area contributed by atoms with Gasteiger partial charge in [0.15, 0.2) is 11.5 Å². The van der Waals surface area contributed by atoms with Crippen molar-refractivity contribution in [3.8, 4) is 11.5 Å². The first-order valence-electron chi connectivity index (χ1n) is 8.40. The van der Waals surface area contributed by atoms with E-state index < -0.39 is 0 Å². The highest BCUT2D eigenvalue weighted by atomic mass is 32.2. The molecule has 5 heteroatoms. The summed E-state index contributed by atoms with van der Waals surface area (Å²) >= 11 is 1.46. The highest BCUT2D eigenvalue weighted by molar-refractivity contribution is 8.00. The first-order valence-corrected chi connectivity index (χ1v) is 9.38. The second-order valence-electron chi connectivity index (χ2n) is 5.65. The van der Waals surface area contributed by atoms with Gasteiger partial charge in [-0.15, -0.1) is 11.8 Å². The normalized spacial score (nSPS) is 10.4. The number of amides is 1. The summed E-state index contributed by atoms with van der Waals surface area (Å²) in [5.41, 5.74) is 2.14. The molecule has 134 valence electrons. The number of carbonyl (C=O) groups is 1. The topological polar surface area (TPSA) is 47.6 Å². The summed E-state index contributed by atoms with van der Waals surface area (Å²) in [7, 11) is 3.20. The molecule has 1 N–H and O–H groups in total. The van der Waals surface area contributed by atoms with Crippen LogP contribution in [0.15, 0.2) is 47.4 Å². The van der Waals surface area contributed by atoms with Crippen molar-refractivity contribution in [2.24, 2.45) is 0 Å². The van der Waals surface area contributed by atoms with Gasteiger partial charge in [-0.2, -0.15) is 0 Å². The number of ether oxygens (including phenoxy) is 2. The smallest absolute Gasteiger partial charge is 0.234 e. The molecule has 0 radical (unpaired) electrons. The molecule has 0 aromatic heterocycles. The Morgan fingerprint density at radius 2 is 1.76 bits per heavy atom. The highest BCUT2D eigenvalue weighted by Crippen LogP contribution is 2.31. The summed E-state index contributed by atoms with van der Waals surface area (Å²) in [6, 6.07) is 13.7. The zero-order chi connectivity index (χ0) is 18.1. The van der Waals surface area contributed by atoms with Crippen molar-refractivity contribution >= 4 is 23.4 Å². The Morgan fingerprint density at radius 3 is 2.40 bits per heavy atom. The van der Waals surface area contributed by atoms with Crippen LogP contribution in [0, 0.1) is 0 Å². The summed E-state index contributed by atoms with van der Waals surface area (Å²) in [6.45, 7) is 2.19. The number of carbonyl (C=O) groups excluding carboxylic acids is 1. The molecule has 25 heavy (non-hydrogen) atoms. The lowest BCUT2D eigenvalue weighted by Gasteiger charge is -2.10. The summed E-state index contributed by atoms with van der Waals surface area (Å²) in [6.07, 6.45) is 3.46. The van der Waals surface area contributed by atoms with E-state index in [0.717, 1.165) is 17.0 Å². The predicted octanol–water partition coefficient (Wildman–Crippen LogP) is 4.78. The fraction of sp³-hybridized carbons (Fsp3) is 0.350. The molecule has 0 spiro atoms. The van der Waals surface area contributed by atoms with Crippen molar-refractivity contribution in [1.29, 1.82) is 0 Å². The number of anilines is 1. The zero-order valence-corrected chi connectivity index (χ0v) is 15.8. The molecule has 0 bridgehead atoms. The minimum absolute atomic E-state index is 0.0268. The van der Waals surface area contributed by atoms with Gasteiger partial charge in [-0.25, -0.2) is 0 Å². The number of methoxy groups -OCH3 is 2. The quantitative estimate of drug-likeness (QED) is 0.655. The average molecular weight is 359 g/mol. The summed E-state index contributed by atoms with van der Waals surface area (Å²) in [5, 5.41) is 2.93. The van der Waals surface area contributed by atoms with Gasteiger partial charge in [0.2, 0.25) is 5.91 Å². The first-order chi connectivity index (χ1) is 12.2. The Kier molecular flexibility index (Phi) is 7.67. The molecule has 2 aromatic rings. The van der Waals surface area contributed by atoms with Gasteiger partial charge < -0.3 is 14.8 Å². The van der Waals surface area contributed by atoms with Crippen molar-refractivity contribution in [2.45, 2.75) is 31.1 Å². The van der Waals surface area contributed by atoms with Crippen LogP contribution in [-0.4, -0.2) is 25.9 Å². The van der Waals surface area contributed by atoms with Crippen LogP contribution in [0.5, 0.6) is 11.5 Å². The van der Waals surface area contributed by atoms with Crippen molar-refractivity contribution < 1.29 is 14.3 Å². The summed E-state index contributed by atoms with van der Waals surface area (Å²) < 4.78 is 10.5. The molecule has 0 heterocycles. The maximum Gasteiger partial charge on any atom is 0.234 e. The fourth-order valence-corrected chi connectivity index (χ4v) is 3.11. The molecule has 1 amide bonds. The van der Waals surface area contributed by atoms with Crippen molar-refractivity contribution in [3.63, 3.8) is 0 Å². The first kappa shape index (κ1) is 19.2. The number of thioether (sulfide) groups is 1. The number of aryl methyl sites for hydroxylation is 1. The van der Waals surface area contributed by atoms with Gasteiger partial charge in [0.25, 0.3) is 0 Å². The Balaban J connectivity index is 1.86. The SMILES string of the molecule is CCCCc1ccc(NC(=O)CSc2ccc(OC)c(OC)c2)cc1. The summed E-state index contributed by atoms with van der Waals surface area (Å²) in [5.74, 6) is 1.66. The Bertz CT molecular complexity index is 686. The van der Waals surface area contributed by atoms with Crippen LogP contribution in [0.1, 0.15) is 25.3 Å². The van der Waals surface area contributed by atoms with Gasteiger partial charge in [-0.05, 0) is 48.7 Å². The van der Waals surface area contributed by atoms with E-state index in [1.54, 1.807) is 14.2 Å². The van der Waals surface area contributed by atoms with Crippen molar-refractivity contribution in [1.82, 2.24) is 0 Å². The number of rotatable bonds is 9. The molecule has 0 atom stereocenters. The van der Waals surface area contributed by atoms with E-state index in [1.807, 2.05) is 30.3 Å². The molecule has 0 unspecified atom stereocenters. The van der Waals surface area contributed by atoms with E-state index in [-0.39, 0.29) is 5.91 Å². The average Bonchev–Trinajstić information content (AvgIpc) is 2.65. The predicted molar refractivity (Wildman–Crippen MR) is 104 cm³/mol. The van der Waals surface area contributed by atoms with Crippen molar-refractivity contribution in [2.75, 3.05) is 25.3 Å². The number of nitrogens with one attached hydrogen (secondary N) is 1. The molecule has 0 aliphatic heterocycles. The van der Waals surface area contributed by atoms with Gasteiger partial charge in [0.1, 0.15) is 0 Å². The molecule has 0 aliphatic rings. The molecule has 0 saturated heterocycles. The van der Waals surface area contributed by atoms with Crippen LogP contribution in [0.25, 0.3) is 0 Å². The number of benzene rings is 2. The van der Waals surface area contributed by atoms with E-state index >= 15 is 0 Å². The minimum Gasteiger partial charge on any atom is -0.493 e. The number of unbranched alkanes of at least 4 members (excludes halogenated alkanes) is 1. The maximum absolute atomic E-state index is 12.1. The third kappa shape index (κ3) is 6.02. The van der Waals surface area contributed by atoms with E-state index in [0.29, 0.717) is 17.3 Å². The van der Waals surface area contributed by atoms with Crippen LogP contribution in [0.4, 0.5) is 5.69 Å². The van der Waals surface area contributed by atoms with Gasteiger partial charge in [0, 0.05) is 10.6 Å². The molecule has 2 rings (SSSR count). The molecule has 0 fully saturated rings. The van der Waals surface area contributed by atoms with Gasteiger partial charge >= 0.3 is 0 Å². The molecule has 0 aliphatic carbocycles. The molecule has 0 saturated carbocycles. The Hall–Kier alpha value is -2.14. The minimum atomic E-state index is -0.0268. The molecule has 4 nitrogen and oxygen atoms in total. The fourth-order valence-electron chi connectivity index (χ4n) is 2.39. The summed E-state index contributed by atoms with van der Waals surface area (Å²) in [4.78, 5) is 13.1. The lowest BCUT2D eigenvalue weighted by Crippen LogP contribution is -2.13. The number of hydrogen-bond donors (Lipinski definition) is 1. The van der Waals surface area contributed by atoms with Crippen LogP contribution in [-0.2, 0) is 11.2 Å². The second kappa shape index (κ2) is 9.99. The van der Waals surface area contributed by atoms with E-state index in [9.17, 15) is 4.79 Å². The van der Waals surface area contributed by atoms with Crippen LogP contribution < -0.4 is 14.8 Å². The van der Waals surface area contributed by atoms with Gasteiger partial charge in [0.05, 0.1) is 20.0 Å².